The van der Waals surface area contributed by atoms with Crippen molar-refractivity contribution in [2.75, 3.05) is 7.11 Å². The van der Waals surface area contributed by atoms with Crippen LogP contribution in [0.1, 0.15) is 16.7 Å². The maximum Gasteiger partial charge on any atom is 0.293 e. The predicted octanol–water partition coefficient (Wildman–Crippen LogP) is 6.12. The topological polar surface area (TPSA) is 55.8 Å². The Hall–Kier alpha value is -2.78. The second-order valence-electron chi connectivity index (χ2n) is 7.08. The minimum Gasteiger partial charge on any atom is -0.493 e. The highest BCUT2D eigenvalue weighted by atomic mass is 127. The third kappa shape index (κ3) is 5.34. The van der Waals surface area contributed by atoms with Crippen LogP contribution in [0, 0.1) is 3.57 Å². The highest BCUT2D eigenvalue weighted by Gasteiger charge is 2.34. The third-order valence-electron chi connectivity index (χ3n) is 4.85. The molecule has 0 aromatic heterocycles. The van der Waals surface area contributed by atoms with Gasteiger partial charge in [0.1, 0.15) is 6.61 Å². The molecule has 0 N–H and O–H groups in total. The largest absolute Gasteiger partial charge is 0.493 e. The monoisotopic (exact) mass is 557 g/mol. The highest BCUT2D eigenvalue weighted by Crippen LogP contribution is 2.35. The number of methoxy groups -OCH3 is 1. The molecule has 1 aliphatic heterocycles. The van der Waals surface area contributed by atoms with Gasteiger partial charge in [-0.15, -0.1) is 0 Å². The van der Waals surface area contributed by atoms with E-state index in [1.807, 2.05) is 66.7 Å². The van der Waals surface area contributed by atoms with Crippen molar-refractivity contribution < 1.29 is 19.1 Å². The van der Waals surface area contributed by atoms with Gasteiger partial charge in [-0.05, 0) is 81.4 Å². The summed E-state index contributed by atoms with van der Waals surface area (Å²) in [5.41, 5.74) is 2.73. The number of imide groups is 1. The van der Waals surface area contributed by atoms with E-state index in [0.29, 0.717) is 23.0 Å². The van der Waals surface area contributed by atoms with E-state index >= 15 is 0 Å². The van der Waals surface area contributed by atoms with Crippen molar-refractivity contribution in [1.29, 1.82) is 0 Å². The fourth-order valence-corrected chi connectivity index (χ4v) is 4.39. The Balaban J connectivity index is 1.48. The Labute approximate surface area is 204 Å². The van der Waals surface area contributed by atoms with E-state index in [0.717, 1.165) is 28.5 Å². The summed E-state index contributed by atoms with van der Waals surface area (Å²) in [6.45, 7) is 0.683. The van der Waals surface area contributed by atoms with Gasteiger partial charge in [-0.3, -0.25) is 14.5 Å². The van der Waals surface area contributed by atoms with Crippen molar-refractivity contribution in [1.82, 2.24) is 4.90 Å². The van der Waals surface area contributed by atoms with Gasteiger partial charge in [0.15, 0.2) is 11.5 Å². The normalized spacial score (nSPS) is 14.8. The summed E-state index contributed by atoms with van der Waals surface area (Å²) in [6.07, 6.45) is 1.71. The van der Waals surface area contributed by atoms with Gasteiger partial charge in [0.2, 0.25) is 0 Å². The van der Waals surface area contributed by atoms with Crippen molar-refractivity contribution >= 4 is 51.6 Å². The molecule has 0 bridgehead atoms. The molecule has 0 atom stereocenters. The number of rotatable bonds is 7. The van der Waals surface area contributed by atoms with Crippen LogP contribution in [0.4, 0.5) is 4.79 Å². The summed E-state index contributed by atoms with van der Waals surface area (Å²) in [5.74, 6) is 0.884. The second kappa shape index (κ2) is 10.2. The Kier molecular flexibility index (Phi) is 7.16. The lowest BCUT2D eigenvalue weighted by Gasteiger charge is -2.12. The molecule has 2 amide bonds. The van der Waals surface area contributed by atoms with Crippen LogP contribution in [0.5, 0.6) is 11.5 Å². The molecule has 162 valence electrons. The van der Waals surface area contributed by atoms with Crippen molar-refractivity contribution in [2.45, 2.75) is 13.2 Å². The van der Waals surface area contributed by atoms with Crippen LogP contribution in [0.3, 0.4) is 0 Å². The summed E-state index contributed by atoms with van der Waals surface area (Å²) >= 11 is 3.21. The van der Waals surface area contributed by atoms with Crippen LogP contribution in [-0.4, -0.2) is 23.2 Å². The summed E-state index contributed by atoms with van der Waals surface area (Å²) < 4.78 is 12.6. The lowest BCUT2D eigenvalue weighted by Crippen LogP contribution is -2.27. The van der Waals surface area contributed by atoms with E-state index in [2.05, 4.69) is 22.6 Å². The first-order valence-electron chi connectivity index (χ1n) is 9.88. The molecule has 0 unspecified atom stereocenters. The van der Waals surface area contributed by atoms with Crippen LogP contribution in [-0.2, 0) is 17.9 Å². The Morgan fingerprint density at radius 3 is 2.41 bits per heavy atom. The third-order valence-corrected chi connectivity index (χ3v) is 6.48. The van der Waals surface area contributed by atoms with E-state index in [9.17, 15) is 9.59 Å². The number of nitrogens with zero attached hydrogens (tertiary/aromatic N) is 1. The number of benzene rings is 3. The number of halogens is 1. The van der Waals surface area contributed by atoms with Crippen LogP contribution in [0.15, 0.2) is 77.7 Å². The fraction of sp³-hybridized carbons (Fsp3) is 0.120. The molecule has 0 spiro atoms. The molecule has 1 saturated heterocycles. The van der Waals surface area contributed by atoms with Gasteiger partial charge in [0, 0.05) is 3.57 Å². The van der Waals surface area contributed by atoms with E-state index in [1.54, 1.807) is 19.3 Å². The number of carbonyl (C=O) groups is 2. The smallest absolute Gasteiger partial charge is 0.293 e. The second-order valence-corrected chi connectivity index (χ2v) is 9.32. The van der Waals surface area contributed by atoms with Gasteiger partial charge in [0.25, 0.3) is 11.1 Å². The maximum absolute atomic E-state index is 12.8. The van der Waals surface area contributed by atoms with Crippen molar-refractivity contribution in [2.24, 2.45) is 0 Å². The molecule has 7 heteroatoms. The number of ether oxygens (including phenoxy) is 2. The SMILES string of the molecule is COc1cc(/C=C2\SC(=O)N(Cc3ccccc3)C2=O)ccc1OCc1ccc(I)cc1. The summed E-state index contributed by atoms with van der Waals surface area (Å²) in [6, 6.07) is 23.0. The molecule has 0 radical (unpaired) electrons. The fourth-order valence-electron chi connectivity index (χ4n) is 3.19. The first-order chi connectivity index (χ1) is 15.5. The molecule has 1 heterocycles. The average molecular weight is 557 g/mol. The van der Waals surface area contributed by atoms with E-state index in [-0.39, 0.29) is 17.7 Å². The summed E-state index contributed by atoms with van der Waals surface area (Å²) in [4.78, 5) is 26.8. The molecule has 32 heavy (non-hydrogen) atoms. The zero-order chi connectivity index (χ0) is 22.5. The zero-order valence-corrected chi connectivity index (χ0v) is 20.3. The minimum atomic E-state index is -0.290. The molecule has 1 aliphatic rings. The molecule has 3 aromatic carbocycles. The first-order valence-corrected chi connectivity index (χ1v) is 11.8. The summed E-state index contributed by atoms with van der Waals surface area (Å²) in [5, 5.41) is -0.269. The standard InChI is InChI=1S/C25H20INO4S/c1-30-22-13-19(9-12-21(22)31-16-18-7-10-20(26)11-8-18)14-23-24(28)27(25(29)32-23)15-17-5-3-2-4-6-17/h2-14H,15-16H2,1H3/b23-14-. The van der Waals surface area contributed by atoms with Gasteiger partial charge in [-0.25, -0.2) is 0 Å². The zero-order valence-electron chi connectivity index (χ0n) is 17.3. The van der Waals surface area contributed by atoms with Gasteiger partial charge in [-0.2, -0.15) is 0 Å². The molecule has 0 saturated carbocycles. The molecular formula is C25H20INO4S. The van der Waals surface area contributed by atoms with Gasteiger partial charge >= 0.3 is 0 Å². The number of amides is 2. The van der Waals surface area contributed by atoms with Crippen molar-refractivity contribution in [3.63, 3.8) is 0 Å². The maximum atomic E-state index is 12.8. The molecule has 4 rings (SSSR count). The van der Waals surface area contributed by atoms with Gasteiger partial charge in [0.05, 0.1) is 18.6 Å². The van der Waals surface area contributed by atoms with E-state index in [4.69, 9.17) is 9.47 Å². The molecular weight excluding hydrogens is 537 g/mol. The number of hydrogen-bond donors (Lipinski definition) is 0. The van der Waals surface area contributed by atoms with Gasteiger partial charge < -0.3 is 9.47 Å². The predicted molar refractivity (Wildman–Crippen MR) is 134 cm³/mol. The quantitative estimate of drug-likeness (QED) is 0.259. The lowest BCUT2D eigenvalue weighted by atomic mass is 10.1. The summed E-state index contributed by atoms with van der Waals surface area (Å²) in [7, 11) is 1.57. The van der Waals surface area contributed by atoms with Gasteiger partial charge in [-0.1, -0.05) is 48.5 Å². The lowest BCUT2D eigenvalue weighted by molar-refractivity contribution is -0.123. The van der Waals surface area contributed by atoms with Crippen molar-refractivity contribution in [3.05, 3.63) is 98.0 Å². The first kappa shape index (κ1) is 22.4. The molecule has 3 aromatic rings. The van der Waals surface area contributed by atoms with Crippen LogP contribution >= 0.6 is 34.4 Å². The molecule has 1 fully saturated rings. The number of hydrogen-bond acceptors (Lipinski definition) is 5. The number of carbonyl (C=O) groups excluding carboxylic acids is 2. The van der Waals surface area contributed by atoms with Crippen LogP contribution in [0.2, 0.25) is 0 Å². The minimum absolute atomic E-state index is 0.261. The van der Waals surface area contributed by atoms with E-state index in [1.165, 1.54) is 8.47 Å². The Morgan fingerprint density at radius 2 is 1.69 bits per heavy atom. The van der Waals surface area contributed by atoms with Crippen molar-refractivity contribution in [3.8, 4) is 11.5 Å². The molecule has 0 aliphatic carbocycles. The molecule has 5 nitrogen and oxygen atoms in total. The average Bonchev–Trinajstić information content (AvgIpc) is 3.07. The number of thioether (sulfide) groups is 1. The Morgan fingerprint density at radius 1 is 0.938 bits per heavy atom. The Bertz CT molecular complexity index is 1160. The van der Waals surface area contributed by atoms with Crippen LogP contribution in [0.25, 0.3) is 6.08 Å². The van der Waals surface area contributed by atoms with E-state index < -0.39 is 0 Å². The highest BCUT2D eigenvalue weighted by molar-refractivity contribution is 14.1. The van der Waals surface area contributed by atoms with Crippen LogP contribution < -0.4 is 9.47 Å².